The first-order valence-electron chi connectivity index (χ1n) is 6.61. The van der Waals surface area contributed by atoms with Gasteiger partial charge in [-0.1, -0.05) is 0 Å². The van der Waals surface area contributed by atoms with Gasteiger partial charge in [0.25, 0.3) is 0 Å². The van der Waals surface area contributed by atoms with Gasteiger partial charge in [0.2, 0.25) is 11.9 Å². The van der Waals surface area contributed by atoms with Crippen LogP contribution in [0, 0.1) is 0 Å². The molecule has 0 bridgehead atoms. The quantitative estimate of drug-likeness (QED) is 0.799. The van der Waals surface area contributed by atoms with E-state index in [0.29, 0.717) is 18.5 Å². The van der Waals surface area contributed by atoms with E-state index in [1.165, 1.54) is 0 Å². The van der Waals surface area contributed by atoms with Gasteiger partial charge in [0.1, 0.15) is 0 Å². The van der Waals surface area contributed by atoms with Crippen molar-refractivity contribution in [2.75, 3.05) is 31.6 Å². The van der Waals surface area contributed by atoms with Gasteiger partial charge in [-0.3, -0.25) is 4.79 Å². The van der Waals surface area contributed by atoms with E-state index in [1.807, 2.05) is 0 Å². The summed E-state index contributed by atoms with van der Waals surface area (Å²) in [4.78, 5) is 24.0. The first-order chi connectivity index (χ1) is 9.22. The molecule has 1 aliphatic carbocycles. The van der Waals surface area contributed by atoms with Crippen LogP contribution in [-0.4, -0.2) is 58.7 Å². The summed E-state index contributed by atoms with van der Waals surface area (Å²) in [6.07, 6.45) is 6.55. The molecule has 0 atom stereocenters. The van der Waals surface area contributed by atoms with Crippen molar-refractivity contribution < 1.29 is 9.90 Å². The number of aromatic nitrogens is 2. The lowest BCUT2D eigenvalue weighted by Crippen LogP contribution is -2.49. The maximum Gasteiger partial charge on any atom is 0.242 e. The van der Waals surface area contributed by atoms with Crippen molar-refractivity contribution in [2.24, 2.45) is 0 Å². The average molecular weight is 264 g/mol. The van der Waals surface area contributed by atoms with E-state index in [1.54, 1.807) is 35.3 Å². The van der Waals surface area contributed by atoms with Crippen LogP contribution in [0.1, 0.15) is 19.3 Å². The summed E-state index contributed by atoms with van der Waals surface area (Å²) in [5.74, 6) is 0.558. The molecule has 0 aromatic carbocycles. The molecule has 1 saturated carbocycles. The molecule has 19 heavy (non-hydrogen) atoms. The van der Waals surface area contributed by atoms with Gasteiger partial charge in [-0.25, -0.2) is 9.97 Å². The second-order valence-electron chi connectivity index (χ2n) is 4.80. The molecule has 1 fully saturated rings. The summed E-state index contributed by atoms with van der Waals surface area (Å²) in [5.41, 5.74) is 0. The molecule has 0 unspecified atom stereocenters. The number of anilines is 1. The average Bonchev–Trinajstić information content (AvgIpc) is 2.37. The highest BCUT2D eigenvalue weighted by atomic mass is 16.3. The van der Waals surface area contributed by atoms with E-state index in [9.17, 15) is 4.79 Å². The van der Waals surface area contributed by atoms with Crippen molar-refractivity contribution in [2.45, 2.75) is 25.3 Å². The van der Waals surface area contributed by atoms with Crippen molar-refractivity contribution in [3.8, 4) is 0 Å². The number of aliphatic hydroxyl groups is 1. The summed E-state index contributed by atoms with van der Waals surface area (Å²) in [6.45, 7) is 0.654. The first kappa shape index (κ1) is 13.7. The predicted molar refractivity (Wildman–Crippen MR) is 71.7 cm³/mol. The fourth-order valence-corrected chi connectivity index (χ4v) is 2.17. The molecule has 1 aromatic rings. The Kier molecular flexibility index (Phi) is 4.68. The van der Waals surface area contributed by atoms with Crippen LogP contribution < -0.4 is 4.90 Å². The van der Waals surface area contributed by atoms with Crippen molar-refractivity contribution in [3.63, 3.8) is 0 Å². The highest BCUT2D eigenvalue weighted by molar-refractivity contribution is 5.81. The molecule has 1 N–H and O–H groups in total. The van der Waals surface area contributed by atoms with Crippen LogP contribution in [-0.2, 0) is 4.79 Å². The van der Waals surface area contributed by atoms with E-state index in [-0.39, 0.29) is 19.1 Å². The summed E-state index contributed by atoms with van der Waals surface area (Å²) >= 11 is 0. The molecule has 1 heterocycles. The minimum absolute atomic E-state index is 0.00773. The fraction of sp³-hybridized carbons (Fsp3) is 0.615. The number of hydrogen-bond donors (Lipinski definition) is 1. The summed E-state index contributed by atoms with van der Waals surface area (Å²) in [7, 11) is 1.80. The van der Waals surface area contributed by atoms with Crippen molar-refractivity contribution >= 4 is 11.9 Å². The second kappa shape index (κ2) is 6.47. The monoisotopic (exact) mass is 264 g/mol. The Morgan fingerprint density at radius 2 is 2.11 bits per heavy atom. The van der Waals surface area contributed by atoms with Crippen molar-refractivity contribution in [1.29, 1.82) is 0 Å². The predicted octanol–water partition coefficient (Wildman–Crippen LogP) is 0.286. The Morgan fingerprint density at radius 1 is 1.42 bits per heavy atom. The highest BCUT2D eigenvalue weighted by Crippen LogP contribution is 2.24. The minimum Gasteiger partial charge on any atom is -0.395 e. The molecule has 0 saturated heterocycles. The van der Waals surface area contributed by atoms with E-state index in [4.69, 9.17) is 5.11 Å². The number of amides is 1. The summed E-state index contributed by atoms with van der Waals surface area (Å²) in [5, 5.41) is 9.07. The third-order valence-corrected chi connectivity index (χ3v) is 3.44. The fourth-order valence-electron chi connectivity index (χ4n) is 2.17. The SMILES string of the molecule is CN(CC(=O)N(CCO)C1CCC1)c1ncccn1. The molecular weight excluding hydrogens is 244 g/mol. The molecule has 6 nitrogen and oxygen atoms in total. The van der Waals surface area contributed by atoms with Crippen LogP contribution in [0.4, 0.5) is 5.95 Å². The van der Waals surface area contributed by atoms with E-state index in [0.717, 1.165) is 19.3 Å². The van der Waals surface area contributed by atoms with Gasteiger partial charge < -0.3 is 14.9 Å². The standard InChI is InChI=1S/C13H20N4O2/c1-16(13-14-6-3-7-15-13)10-12(19)17(8-9-18)11-4-2-5-11/h3,6-7,11,18H,2,4-5,8-10H2,1H3. The van der Waals surface area contributed by atoms with Gasteiger partial charge >= 0.3 is 0 Å². The molecule has 6 heteroatoms. The Labute approximate surface area is 113 Å². The smallest absolute Gasteiger partial charge is 0.242 e. The molecule has 1 aliphatic rings. The molecule has 1 amide bonds. The molecule has 2 rings (SSSR count). The third kappa shape index (κ3) is 3.41. The number of likely N-dealkylation sites (N-methyl/N-ethyl adjacent to an activating group) is 1. The van der Waals surface area contributed by atoms with Crippen LogP contribution in [0.3, 0.4) is 0 Å². The maximum absolute atomic E-state index is 12.3. The Bertz CT molecular complexity index is 408. The first-order valence-corrected chi connectivity index (χ1v) is 6.61. The normalized spacial score (nSPS) is 14.8. The van der Waals surface area contributed by atoms with Crippen LogP contribution in [0.15, 0.2) is 18.5 Å². The van der Waals surface area contributed by atoms with Gasteiger partial charge in [-0.2, -0.15) is 0 Å². The molecule has 104 valence electrons. The van der Waals surface area contributed by atoms with Crippen molar-refractivity contribution in [3.05, 3.63) is 18.5 Å². The topological polar surface area (TPSA) is 69.6 Å². The summed E-state index contributed by atoms with van der Waals surface area (Å²) in [6, 6.07) is 2.04. The van der Waals surface area contributed by atoms with E-state index >= 15 is 0 Å². The lowest BCUT2D eigenvalue weighted by atomic mass is 9.91. The van der Waals surface area contributed by atoms with Crippen LogP contribution in [0.2, 0.25) is 0 Å². The Balaban J connectivity index is 1.94. The molecule has 0 spiro atoms. The zero-order valence-electron chi connectivity index (χ0n) is 11.2. The zero-order chi connectivity index (χ0) is 13.7. The molecular formula is C13H20N4O2. The number of carbonyl (C=O) groups excluding carboxylic acids is 1. The Morgan fingerprint density at radius 3 is 2.63 bits per heavy atom. The van der Waals surface area contributed by atoms with Gasteiger partial charge in [0, 0.05) is 32.0 Å². The lowest BCUT2D eigenvalue weighted by Gasteiger charge is -2.38. The third-order valence-electron chi connectivity index (χ3n) is 3.44. The maximum atomic E-state index is 12.3. The van der Waals surface area contributed by atoms with Crippen LogP contribution in [0.25, 0.3) is 0 Å². The zero-order valence-corrected chi connectivity index (χ0v) is 11.2. The number of aliphatic hydroxyl groups excluding tert-OH is 1. The van der Waals surface area contributed by atoms with Gasteiger partial charge in [-0.15, -0.1) is 0 Å². The van der Waals surface area contributed by atoms with Gasteiger partial charge in [0.15, 0.2) is 0 Å². The van der Waals surface area contributed by atoms with Crippen molar-refractivity contribution in [1.82, 2.24) is 14.9 Å². The minimum atomic E-state index is 0.00773. The van der Waals surface area contributed by atoms with Crippen LogP contribution >= 0.6 is 0 Å². The number of rotatable bonds is 6. The lowest BCUT2D eigenvalue weighted by molar-refractivity contribution is -0.134. The van der Waals surface area contributed by atoms with Gasteiger partial charge in [0.05, 0.1) is 13.2 Å². The number of nitrogens with zero attached hydrogens (tertiary/aromatic N) is 4. The molecule has 1 aromatic heterocycles. The van der Waals surface area contributed by atoms with E-state index in [2.05, 4.69) is 9.97 Å². The van der Waals surface area contributed by atoms with Crippen LogP contribution in [0.5, 0.6) is 0 Å². The largest absolute Gasteiger partial charge is 0.395 e. The second-order valence-corrected chi connectivity index (χ2v) is 4.80. The molecule has 0 aliphatic heterocycles. The highest BCUT2D eigenvalue weighted by Gasteiger charge is 2.28. The Hall–Kier alpha value is -1.69. The van der Waals surface area contributed by atoms with E-state index < -0.39 is 0 Å². The summed E-state index contributed by atoms with van der Waals surface area (Å²) < 4.78 is 0. The number of carbonyl (C=O) groups is 1. The van der Waals surface area contributed by atoms with Gasteiger partial charge in [-0.05, 0) is 25.3 Å². The molecule has 0 radical (unpaired) electrons. The number of hydrogen-bond acceptors (Lipinski definition) is 5.